The molecule has 10 rings (SSSR count). The number of pyridine rings is 1. The van der Waals surface area contributed by atoms with E-state index in [2.05, 4.69) is 155 Å². The number of hydrogen-bond donors (Lipinski definition) is 0. The van der Waals surface area contributed by atoms with Gasteiger partial charge in [-0.2, -0.15) is 0 Å². The van der Waals surface area contributed by atoms with E-state index in [9.17, 15) is 0 Å². The third-order valence-electron chi connectivity index (χ3n) is 9.29. The molecule has 4 heteroatoms. The summed E-state index contributed by atoms with van der Waals surface area (Å²) < 4.78 is 4.58. The van der Waals surface area contributed by atoms with Gasteiger partial charge in [-0.05, 0) is 75.8 Å². The van der Waals surface area contributed by atoms with Crippen molar-refractivity contribution in [2.24, 2.45) is 0 Å². The van der Waals surface area contributed by atoms with Crippen LogP contribution in [0.15, 0.2) is 158 Å². The lowest BCUT2D eigenvalue weighted by atomic mass is 9.96. The van der Waals surface area contributed by atoms with Gasteiger partial charge in [-0.25, -0.2) is 9.97 Å². The average Bonchev–Trinajstić information content (AvgIpc) is 3.71. The zero-order chi connectivity index (χ0) is 30.2. The molecular formula is C42H26N4. The van der Waals surface area contributed by atoms with Gasteiger partial charge in [-0.15, -0.1) is 0 Å². The Morgan fingerprint density at radius 2 is 1.09 bits per heavy atom. The molecule has 0 saturated carbocycles. The third kappa shape index (κ3) is 3.61. The topological polar surface area (TPSA) is 35.1 Å². The van der Waals surface area contributed by atoms with Gasteiger partial charge in [0.05, 0.1) is 27.6 Å². The molecule has 46 heavy (non-hydrogen) atoms. The Morgan fingerprint density at radius 1 is 0.413 bits per heavy atom. The summed E-state index contributed by atoms with van der Waals surface area (Å²) in [5.74, 6) is 0.935. The van der Waals surface area contributed by atoms with Gasteiger partial charge in [0.25, 0.3) is 0 Å². The summed E-state index contributed by atoms with van der Waals surface area (Å²) in [4.78, 5) is 10.2. The molecule has 4 nitrogen and oxygen atoms in total. The van der Waals surface area contributed by atoms with E-state index in [4.69, 9.17) is 9.97 Å². The van der Waals surface area contributed by atoms with Crippen molar-refractivity contribution in [3.8, 4) is 28.2 Å². The summed E-state index contributed by atoms with van der Waals surface area (Å²) >= 11 is 0. The number of rotatable bonds is 3. The van der Waals surface area contributed by atoms with Crippen LogP contribution in [0, 0.1) is 0 Å². The van der Waals surface area contributed by atoms with Crippen LogP contribution >= 0.6 is 0 Å². The Balaban J connectivity index is 1.18. The Hall–Kier alpha value is -6.26. The lowest BCUT2D eigenvalue weighted by molar-refractivity contribution is 1.10. The fourth-order valence-corrected chi connectivity index (χ4v) is 7.17. The highest BCUT2D eigenvalue weighted by molar-refractivity contribution is 6.23. The second-order valence-electron chi connectivity index (χ2n) is 11.9. The van der Waals surface area contributed by atoms with Crippen LogP contribution in [0.25, 0.3) is 88.4 Å². The normalized spacial score (nSPS) is 11.9. The molecule has 0 amide bonds. The summed E-state index contributed by atoms with van der Waals surface area (Å²) in [6.45, 7) is 0. The Morgan fingerprint density at radius 3 is 1.93 bits per heavy atom. The number of nitrogens with zero attached hydrogens (tertiary/aromatic N) is 4. The molecule has 0 aliphatic heterocycles. The fraction of sp³-hybridized carbons (Fsp3) is 0. The SMILES string of the molecule is c1ccc(-n2c(-c3ccc(-c4ccc5c(c4)c4ccc6ccccc6c4c4nc6ccccc6n54)cc3)nc3ccccc32)cc1. The van der Waals surface area contributed by atoms with Crippen LogP contribution in [0.2, 0.25) is 0 Å². The van der Waals surface area contributed by atoms with E-state index >= 15 is 0 Å². The first kappa shape index (κ1) is 25.1. The summed E-state index contributed by atoms with van der Waals surface area (Å²) in [6, 6.07) is 56.0. The van der Waals surface area contributed by atoms with Gasteiger partial charge in [0.15, 0.2) is 0 Å². The van der Waals surface area contributed by atoms with Gasteiger partial charge in [0.1, 0.15) is 11.5 Å². The predicted octanol–water partition coefficient (Wildman–Crippen LogP) is 10.6. The molecule has 3 aromatic heterocycles. The molecule has 10 aromatic rings. The van der Waals surface area contributed by atoms with Gasteiger partial charge < -0.3 is 0 Å². The van der Waals surface area contributed by atoms with Crippen LogP contribution in [0.3, 0.4) is 0 Å². The van der Waals surface area contributed by atoms with Crippen molar-refractivity contribution in [2.45, 2.75) is 0 Å². The van der Waals surface area contributed by atoms with Crippen LogP contribution in [0.5, 0.6) is 0 Å². The predicted molar refractivity (Wildman–Crippen MR) is 191 cm³/mol. The molecule has 3 heterocycles. The highest BCUT2D eigenvalue weighted by Gasteiger charge is 2.17. The number of fused-ring (bicyclic) bond motifs is 11. The fourth-order valence-electron chi connectivity index (χ4n) is 7.17. The molecule has 0 aliphatic rings. The summed E-state index contributed by atoms with van der Waals surface area (Å²) in [6.07, 6.45) is 0. The first-order valence-electron chi connectivity index (χ1n) is 15.6. The molecule has 0 N–H and O–H groups in total. The van der Waals surface area contributed by atoms with Crippen LogP contribution in [-0.4, -0.2) is 18.9 Å². The molecule has 7 aromatic carbocycles. The molecule has 0 radical (unpaired) electrons. The average molecular weight is 587 g/mol. The van der Waals surface area contributed by atoms with Crippen molar-refractivity contribution in [2.75, 3.05) is 0 Å². The number of imidazole rings is 2. The van der Waals surface area contributed by atoms with E-state index in [1.54, 1.807) is 0 Å². The molecule has 214 valence electrons. The number of para-hydroxylation sites is 5. The number of hydrogen-bond acceptors (Lipinski definition) is 2. The molecular weight excluding hydrogens is 560 g/mol. The van der Waals surface area contributed by atoms with Crippen molar-refractivity contribution in [3.05, 3.63) is 158 Å². The summed E-state index contributed by atoms with van der Waals surface area (Å²) in [5.41, 5.74) is 10.9. The van der Waals surface area contributed by atoms with Crippen LogP contribution < -0.4 is 0 Å². The Kier molecular flexibility index (Phi) is 5.25. The molecule has 0 atom stereocenters. The highest BCUT2D eigenvalue weighted by Crippen LogP contribution is 2.38. The minimum atomic E-state index is 0.935. The first-order valence-corrected chi connectivity index (χ1v) is 15.6. The Bertz CT molecular complexity index is 2790. The zero-order valence-corrected chi connectivity index (χ0v) is 24.8. The molecule has 0 unspecified atom stereocenters. The third-order valence-corrected chi connectivity index (χ3v) is 9.29. The molecule has 0 aliphatic carbocycles. The quantitative estimate of drug-likeness (QED) is 0.193. The van der Waals surface area contributed by atoms with E-state index in [0.29, 0.717) is 0 Å². The molecule has 0 spiro atoms. The highest BCUT2D eigenvalue weighted by atomic mass is 15.1. The van der Waals surface area contributed by atoms with Crippen molar-refractivity contribution >= 4 is 60.2 Å². The maximum absolute atomic E-state index is 5.16. The van der Waals surface area contributed by atoms with Gasteiger partial charge in [-0.1, -0.05) is 109 Å². The zero-order valence-electron chi connectivity index (χ0n) is 24.8. The van der Waals surface area contributed by atoms with Crippen molar-refractivity contribution in [3.63, 3.8) is 0 Å². The molecule has 0 fully saturated rings. The lowest BCUT2D eigenvalue weighted by Gasteiger charge is -2.13. The van der Waals surface area contributed by atoms with Gasteiger partial charge in [0.2, 0.25) is 0 Å². The number of aromatic nitrogens is 4. The molecule has 0 saturated heterocycles. The van der Waals surface area contributed by atoms with E-state index in [0.717, 1.165) is 55.9 Å². The summed E-state index contributed by atoms with van der Waals surface area (Å²) in [5, 5.41) is 6.05. The minimum Gasteiger partial charge on any atom is -0.292 e. The van der Waals surface area contributed by atoms with Crippen LogP contribution in [0.1, 0.15) is 0 Å². The van der Waals surface area contributed by atoms with Gasteiger partial charge in [-0.3, -0.25) is 8.97 Å². The second-order valence-corrected chi connectivity index (χ2v) is 11.9. The van der Waals surface area contributed by atoms with E-state index < -0.39 is 0 Å². The second kappa shape index (κ2) is 9.62. The van der Waals surface area contributed by atoms with Crippen molar-refractivity contribution in [1.82, 2.24) is 18.9 Å². The van der Waals surface area contributed by atoms with Crippen molar-refractivity contribution in [1.29, 1.82) is 0 Å². The molecule has 0 bridgehead atoms. The largest absolute Gasteiger partial charge is 0.292 e. The maximum Gasteiger partial charge on any atom is 0.147 e. The summed E-state index contributed by atoms with van der Waals surface area (Å²) in [7, 11) is 0. The van der Waals surface area contributed by atoms with Crippen LogP contribution in [0.4, 0.5) is 0 Å². The minimum absolute atomic E-state index is 0.935. The lowest BCUT2D eigenvalue weighted by Crippen LogP contribution is -1.97. The van der Waals surface area contributed by atoms with E-state index in [1.165, 1.54) is 32.5 Å². The van der Waals surface area contributed by atoms with Crippen molar-refractivity contribution < 1.29 is 0 Å². The number of benzene rings is 7. The van der Waals surface area contributed by atoms with E-state index in [-0.39, 0.29) is 0 Å². The van der Waals surface area contributed by atoms with Gasteiger partial charge >= 0.3 is 0 Å². The monoisotopic (exact) mass is 586 g/mol. The van der Waals surface area contributed by atoms with Gasteiger partial charge in [0, 0.05) is 22.0 Å². The van der Waals surface area contributed by atoms with E-state index in [1.807, 2.05) is 12.1 Å². The van der Waals surface area contributed by atoms with Crippen LogP contribution in [-0.2, 0) is 0 Å². The first-order chi connectivity index (χ1) is 22.8. The Labute approximate surface area is 264 Å². The smallest absolute Gasteiger partial charge is 0.147 e. The standard InChI is InChI=1S/C42H26N4/c1-2-11-31(12-3-1)45-38-16-8-6-14-35(38)43-41(45)29-20-18-27(19-21-29)30-23-25-37-34(26-30)33-24-22-28-10-4-5-13-32(28)40(33)42-44-36-15-7-9-17-39(36)46(37)42/h1-26H. The maximum atomic E-state index is 5.16.